The number of anilines is 2. The number of pyridine rings is 1. The second-order valence-electron chi connectivity index (χ2n) is 5.15. The molecule has 116 valence electrons. The van der Waals surface area contributed by atoms with Crippen molar-refractivity contribution in [2.45, 2.75) is 6.92 Å². The van der Waals surface area contributed by atoms with Gasteiger partial charge in [-0.1, -0.05) is 18.2 Å². The summed E-state index contributed by atoms with van der Waals surface area (Å²) in [6, 6.07) is 13.6. The van der Waals surface area contributed by atoms with Gasteiger partial charge in [0.1, 0.15) is 5.82 Å². The van der Waals surface area contributed by atoms with Crippen LogP contribution in [-0.2, 0) is 4.74 Å². The molecule has 0 aliphatic rings. The molecule has 0 aliphatic heterocycles. The summed E-state index contributed by atoms with van der Waals surface area (Å²) in [6.45, 7) is 1.82. The van der Waals surface area contributed by atoms with Crippen LogP contribution in [0.4, 0.5) is 15.8 Å². The van der Waals surface area contributed by atoms with Crippen molar-refractivity contribution in [1.29, 1.82) is 0 Å². The highest BCUT2D eigenvalue weighted by Gasteiger charge is 2.13. The van der Waals surface area contributed by atoms with E-state index in [1.165, 1.54) is 19.2 Å². The lowest BCUT2D eigenvalue weighted by Gasteiger charge is -2.13. The SMILES string of the molecule is COC(=O)c1cc(Nc2ccc(F)cc2C)c2ccccc2n1. The maximum absolute atomic E-state index is 13.3. The zero-order valence-electron chi connectivity index (χ0n) is 12.8. The summed E-state index contributed by atoms with van der Waals surface area (Å²) in [7, 11) is 1.32. The van der Waals surface area contributed by atoms with Gasteiger partial charge >= 0.3 is 5.97 Å². The van der Waals surface area contributed by atoms with E-state index >= 15 is 0 Å². The second kappa shape index (κ2) is 6.04. The quantitative estimate of drug-likeness (QED) is 0.736. The Bertz CT molecular complexity index is 893. The molecule has 4 nitrogen and oxygen atoms in total. The Morgan fingerprint density at radius 2 is 1.91 bits per heavy atom. The van der Waals surface area contributed by atoms with Crippen LogP contribution >= 0.6 is 0 Å². The molecule has 1 heterocycles. The molecule has 3 rings (SSSR count). The molecule has 1 aromatic heterocycles. The highest BCUT2D eigenvalue weighted by Crippen LogP contribution is 2.28. The maximum atomic E-state index is 13.3. The Morgan fingerprint density at radius 1 is 1.13 bits per heavy atom. The number of hydrogen-bond donors (Lipinski definition) is 1. The Balaban J connectivity index is 2.13. The van der Waals surface area contributed by atoms with Gasteiger partial charge in [0.15, 0.2) is 5.69 Å². The standard InChI is InChI=1S/C18H15FN2O2/c1-11-9-12(19)7-8-14(11)20-16-10-17(18(22)23-2)21-15-6-4-3-5-13(15)16/h3-10H,1-2H3,(H,20,21). The van der Waals surface area contributed by atoms with Gasteiger partial charge < -0.3 is 10.1 Å². The van der Waals surface area contributed by atoms with Gasteiger partial charge in [0, 0.05) is 11.1 Å². The number of aromatic nitrogens is 1. The topological polar surface area (TPSA) is 51.2 Å². The van der Waals surface area contributed by atoms with Gasteiger partial charge in [-0.05, 0) is 42.8 Å². The monoisotopic (exact) mass is 310 g/mol. The molecule has 0 fully saturated rings. The second-order valence-corrected chi connectivity index (χ2v) is 5.15. The number of benzene rings is 2. The summed E-state index contributed by atoms with van der Waals surface area (Å²) in [5.41, 5.74) is 3.14. The van der Waals surface area contributed by atoms with Gasteiger partial charge in [-0.2, -0.15) is 0 Å². The van der Waals surface area contributed by atoms with Crippen LogP contribution in [0.25, 0.3) is 10.9 Å². The number of methoxy groups -OCH3 is 1. The Morgan fingerprint density at radius 3 is 2.65 bits per heavy atom. The number of halogens is 1. The summed E-state index contributed by atoms with van der Waals surface area (Å²) < 4.78 is 18.0. The summed E-state index contributed by atoms with van der Waals surface area (Å²) in [6.07, 6.45) is 0. The Hall–Kier alpha value is -2.95. The minimum Gasteiger partial charge on any atom is -0.464 e. The number of nitrogens with one attached hydrogen (secondary N) is 1. The first-order valence-corrected chi connectivity index (χ1v) is 7.10. The lowest BCUT2D eigenvalue weighted by Crippen LogP contribution is -2.06. The lowest BCUT2D eigenvalue weighted by molar-refractivity contribution is 0.0594. The zero-order chi connectivity index (χ0) is 16.4. The number of para-hydroxylation sites is 1. The summed E-state index contributed by atoms with van der Waals surface area (Å²) >= 11 is 0. The first kappa shape index (κ1) is 15.0. The number of fused-ring (bicyclic) bond motifs is 1. The van der Waals surface area contributed by atoms with E-state index in [0.29, 0.717) is 11.2 Å². The smallest absolute Gasteiger partial charge is 0.356 e. The first-order valence-electron chi connectivity index (χ1n) is 7.10. The lowest BCUT2D eigenvalue weighted by atomic mass is 10.1. The first-order chi connectivity index (χ1) is 11.1. The van der Waals surface area contributed by atoms with Gasteiger partial charge in [0.2, 0.25) is 0 Å². The van der Waals surface area contributed by atoms with Crippen molar-refractivity contribution in [1.82, 2.24) is 4.98 Å². The molecule has 0 saturated carbocycles. The fourth-order valence-electron chi connectivity index (χ4n) is 2.40. The number of ether oxygens (including phenoxy) is 1. The molecule has 23 heavy (non-hydrogen) atoms. The average molecular weight is 310 g/mol. The van der Waals surface area contributed by atoms with Crippen LogP contribution in [0.2, 0.25) is 0 Å². The Kier molecular flexibility index (Phi) is 3.93. The van der Waals surface area contributed by atoms with E-state index in [1.807, 2.05) is 31.2 Å². The van der Waals surface area contributed by atoms with E-state index in [4.69, 9.17) is 4.74 Å². The van der Waals surface area contributed by atoms with Crippen molar-refractivity contribution >= 4 is 28.2 Å². The molecule has 0 radical (unpaired) electrons. The van der Waals surface area contributed by atoms with Crippen LogP contribution in [0.3, 0.4) is 0 Å². The number of nitrogens with zero attached hydrogens (tertiary/aromatic N) is 1. The van der Waals surface area contributed by atoms with Gasteiger partial charge in [0.25, 0.3) is 0 Å². The molecule has 0 spiro atoms. The third-order valence-electron chi connectivity index (χ3n) is 3.57. The third-order valence-corrected chi connectivity index (χ3v) is 3.57. The van der Waals surface area contributed by atoms with E-state index in [9.17, 15) is 9.18 Å². The van der Waals surface area contributed by atoms with Crippen LogP contribution in [-0.4, -0.2) is 18.1 Å². The minimum atomic E-state index is -0.505. The molecule has 0 unspecified atom stereocenters. The van der Waals surface area contributed by atoms with Gasteiger partial charge in [-0.3, -0.25) is 0 Å². The largest absolute Gasteiger partial charge is 0.464 e. The third kappa shape index (κ3) is 2.99. The highest BCUT2D eigenvalue weighted by molar-refractivity contribution is 5.98. The minimum absolute atomic E-state index is 0.216. The van der Waals surface area contributed by atoms with Crippen molar-refractivity contribution in [2.24, 2.45) is 0 Å². The molecule has 0 bridgehead atoms. The summed E-state index contributed by atoms with van der Waals surface area (Å²) in [5, 5.41) is 4.11. The fourth-order valence-corrected chi connectivity index (χ4v) is 2.40. The molecule has 1 N–H and O–H groups in total. The molecule has 3 aromatic rings. The fraction of sp³-hybridized carbons (Fsp3) is 0.111. The van der Waals surface area contributed by atoms with E-state index in [-0.39, 0.29) is 11.5 Å². The zero-order valence-corrected chi connectivity index (χ0v) is 12.8. The van der Waals surface area contributed by atoms with Crippen LogP contribution < -0.4 is 5.32 Å². The van der Waals surface area contributed by atoms with Crippen LogP contribution in [0.5, 0.6) is 0 Å². The molecular formula is C18H15FN2O2. The van der Waals surface area contributed by atoms with E-state index in [0.717, 1.165) is 16.6 Å². The predicted octanol–water partition coefficient (Wildman–Crippen LogP) is 4.21. The van der Waals surface area contributed by atoms with Gasteiger partial charge in [-0.15, -0.1) is 0 Å². The van der Waals surface area contributed by atoms with Gasteiger partial charge in [-0.25, -0.2) is 14.2 Å². The molecule has 2 aromatic carbocycles. The number of rotatable bonds is 3. The Labute approximate surface area is 132 Å². The van der Waals surface area contributed by atoms with Crippen LogP contribution in [0, 0.1) is 12.7 Å². The molecular weight excluding hydrogens is 295 g/mol. The van der Waals surface area contributed by atoms with E-state index < -0.39 is 5.97 Å². The summed E-state index contributed by atoms with van der Waals surface area (Å²) in [4.78, 5) is 16.1. The van der Waals surface area contributed by atoms with E-state index in [1.54, 1.807) is 12.1 Å². The molecule has 5 heteroatoms. The number of hydrogen-bond acceptors (Lipinski definition) is 4. The van der Waals surface area contributed by atoms with Crippen LogP contribution in [0.1, 0.15) is 16.1 Å². The van der Waals surface area contributed by atoms with Crippen molar-refractivity contribution in [2.75, 3.05) is 12.4 Å². The van der Waals surface area contributed by atoms with E-state index in [2.05, 4.69) is 10.3 Å². The van der Waals surface area contributed by atoms with Crippen molar-refractivity contribution in [3.8, 4) is 0 Å². The molecule has 0 amide bonds. The average Bonchev–Trinajstić information content (AvgIpc) is 2.56. The van der Waals surface area contributed by atoms with Crippen molar-refractivity contribution in [3.05, 3.63) is 65.6 Å². The number of esters is 1. The summed E-state index contributed by atoms with van der Waals surface area (Å²) in [5.74, 6) is -0.794. The predicted molar refractivity (Wildman–Crippen MR) is 87.5 cm³/mol. The maximum Gasteiger partial charge on any atom is 0.356 e. The number of aryl methyl sites for hydroxylation is 1. The molecule has 0 saturated heterocycles. The van der Waals surface area contributed by atoms with Gasteiger partial charge in [0.05, 0.1) is 18.3 Å². The van der Waals surface area contributed by atoms with Crippen molar-refractivity contribution in [3.63, 3.8) is 0 Å². The van der Waals surface area contributed by atoms with Crippen LogP contribution in [0.15, 0.2) is 48.5 Å². The van der Waals surface area contributed by atoms with Crippen molar-refractivity contribution < 1.29 is 13.9 Å². The highest BCUT2D eigenvalue weighted by atomic mass is 19.1. The number of carbonyl (C=O) groups excluding carboxylic acids is 1. The normalized spacial score (nSPS) is 10.6. The molecule has 0 atom stereocenters. The number of carbonyl (C=O) groups is 1. The molecule has 0 aliphatic carbocycles.